The van der Waals surface area contributed by atoms with Crippen molar-refractivity contribution in [2.24, 2.45) is 5.92 Å². The van der Waals surface area contributed by atoms with Gasteiger partial charge in [0.05, 0.1) is 16.6 Å². The number of rotatable bonds is 4. The van der Waals surface area contributed by atoms with Gasteiger partial charge >= 0.3 is 6.01 Å². The van der Waals surface area contributed by atoms with E-state index in [1.54, 1.807) is 19.1 Å². The molecule has 7 nitrogen and oxygen atoms in total. The van der Waals surface area contributed by atoms with Crippen molar-refractivity contribution in [3.05, 3.63) is 53.2 Å². The lowest BCUT2D eigenvalue weighted by Gasteiger charge is -2.39. The SMILES string of the molecule is C.CC.CC.Cc1c(F)ccc2cccc(-c3nc4c5c(nc(OC[C@@]67CCCN6C[C@H](F)C7)nc5c3F)N3CCNC[C@H]3[C@@H](C)C4)c12. The molecule has 3 saturated heterocycles. The number of fused-ring (bicyclic) bond motifs is 4. The molecule has 260 valence electrons. The molecule has 0 amide bonds. The second-order valence-corrected chi connectivity index (χ2v) is 12.9. The maximum Gasteiger partial charge on any atom is 0.319 e. The molecule has 4 aliphatic rings. The van der Waals surface area contributed by atoms with E-state index in [1.165, 1.54) is 6.07 Å². The third kappa shape index (κ3) is 5.99. The highest BCUT2D eigenvalue weighted by Crippen LogP contribution is 2.43. The molecule has 1 N–H and O–H groups in total. The van der Waals surface area contributed by atoms with E-state index in [0.29, 0.717) is 53.6 Å². The smallest absolute Gasteiger partial charge is 0.319 e. The van der Waals surface area contributed by atoms with Gasteiger partial charge in [-0.2, -0.15) is 9.97 Å². The van der Waals surface area contributed by atoms with E-state index in [1.807, 2.05) is 39.8 Å². The summed E-state index contributed by atoms with van der Waals surface area (Å²) >= 11 is 0. The Labute approximate surface area is 283 Å². The lowest BCUT2D eigenvalue weighted by molar-refractivity contribution is 0.107. The highest BCUT2D eigenvalue weighted by molar-refractivity contribution is 6.01. The van der Waals surface area contributed by atoms with Gasteiger partial charge in [0.25, 0.3) is 0 Å². The zero-order valence-electron chi connectivity index (χ0n) is 28.5. The standard InChI is InChI=1S/C33H35F3N6O.2C2H6.CH4/c1-18-13-24-27-30(28(36)29(38-24)22-6-3-5-20-7-8-23(35)19(2)26(20)22)39-32(40-31(27)42-12-10-37-15-25(18)42)43-17-33-9-4-11-41(33)16-21(34)14-33;2*1-2;/h3,5-8,18,21,25,37H,4,9-17H2,1-2H3;2*1-2H3;1H4/t18-,21+,25-,33-;;;/m0.../s1. The molecule has 0 saturated carbocycles. The fourth-order valence-electron chi connectivity index (χ4n) is 8.12. The minimum absolute atomic E-state index is 0. The quantitative estimate of drug-likeness (QED) is 0.237. The lowest BCUT2D eigenvalue weighted by Crippen LogP contribution is -2.54. The fraction of sp³-hybridized carbons (Fsp3) is 0.553. The highest BCUT2D eigenvalue weighted by Gasteiger charge is 2.49. The normalized spacial score (nSPS) is 24.4. The van der Waals surface area contributed by atoms with Gasteiger partial charge in [-0.15, -0.1) is 0 Å². The van der Waals surface area contributed by atoms with E-state index in [9.17, 15) is 8.78 Å². The number of halogens is 3. The predicted octanol–water partition coefficient (Wildman–Crippen LogP) is 8.05. The number of nitrogens with one attached hydrogen (secondary N) is 1. The third-order valence-corrected chi connectivity index (χ3v) is 10.3. The van der Waals surface area contributed by atoms with Gasteiger partial charge in [0.15, 0.2) is 5.82 Å². The number of anilines is 1. The molecule has 8 rings (SSSR count). The molecule has 0 aliphatic carbocycles. The van der Waals surface area contributed by atoms with Crippen molar-refractivity contribution in [3.63, 3.8) is 0 Å². The average Bonchev–Trinajstić information content (AvgIpc) is 3.59. The summed E-state index contributed by atoms with van der Waals surface area (Å²) in [7, 11) is 0. The van der Waals surface area contributed by atoms with E-state index in [0.717, 1.165) is 43.6 Å². The number of aromatic nitrogens is 3. The molecular weight excluding hydrogens is 613 g/mol. The molecule has 0 radical (unpaired) electrons. The summed E-state index contributed by atoms with van der Waals surface area (Å²) in [6.45, 7) is 15.7. The minimum atomic E-state index is -0.878. The molecule has 10 heteroatoms. The molecule has 4 atom stereocenters. The maximum atomic E-state index is 16.9. The molecule has 2 aromatic heterocycles. The second-order valence-electron chi connectivity index (χ2n) is 12.9. The molecule has 4 aliphatic heterocycles. The molecule has 6 heterocycles. The second kappa shape index (κ2) is 14.5. The number of hydrogen-bond donors (Lipinski definition) is 1. The van der Waals surface area contributed by atoms with Crippen LogP contribution >= 0.6 is 0 Å². The number of pyridine rings is 1. The summed E-state index contributed by atoms with van der Waals surface area (Å²) in [6.07, 6.45) is 2.02. The zero-order chi connectivity index (χ0) is 33.5. The number of ether oxygens (including phenoxy) is 1. The van der Waals surface area contributed by atoms with Crippen molar-refractivity contribution in [1.29, 1.82) is 0 Å². The topological polar surface area (TPSA) is 66.4 Å². The Morgan fingerprint density at radius 2 is 1.81 bits per heavy atom. The lowest BCUT2D eigenvalue weighted by atomic mass is 9.94. The van der Waals surface area contributed by atoms with Crippen LogP contribution in [0.25, 0.3) is 32.9 Å². The van der Waals surface area contributed by atoms with Crippen LogP contribution in [0, 0.1) is 24.5 Å². The van der Waals surface area contributed by atoms with Crippen LogP contribution in [0.15, 0.2) is 30.3 Å². The first kappa shape index (κ1) is 35.8. The van der Waals surface area contributed by atoms with Crippen LogP contribution in [0.3, 0.4) is 0 Å². The molecule has 0 bridgehead atoms. The summed E-state index contributed by atoms with van der Waals surface area (Å²) in [5, 5.41) is 5.56. The largest absolute Gasteiger partial charge is 0.461 e. The zero-order valence-corrected chi connectivity index (χ0v) is 28.5. The van der Waals surface area contributed by atoms with E-state index >= 15 is 4.39 Å². The van der Waals surface area contributed by atoms with Crippen molar-refractivity contribution >= 4 is 27.5 Å². The number of aryl methyl sites for hydroxylation is 1. The van der Waals surface area contributed by atoms with Gasteiger partial charge in [0.1, 0.15) is 35.6 Å². The van der Waals surface area contributed by atoms with Crippen molar-refractivity contribution in [1.82, 2.24) is 25.2 Å². The fourth-order valence-corrected chi connectivity index (χ4v) is 8.12. The van der Waals surface area contributed by atoms with Crippen LogP contribution in [0.1, 0.15) is 72.6 Å². The average molecular weight is 665 g/mol. The van der Waals surface area contributed by atoms with Gasteiger partial charge in [0, 0.05) is 44.2 Å². The first-order valence-electron chi connectivity index (χ1n) is 17.4. The van der Waals surface area contributed by atoms with Gasteiger partial charge in [-0.3, -0.25) is 4.90 Å². The number of hydrogen-bond acceptors (Lipinski definition) is 7. The van der Waals surface area contributed by atoms with Crippen molar-refractivity contribution in [2.45, 2.75) is 92.4 Å². The van der Waals surface area contributed by atoms with Crippen LogP contribution in [0.4, 0.5) is 19.0 Å². The number of alkyl halides is 1. The van der Waals surface area contributed by atoms with Crippen molar-refractivity contribution in [2.75, 3.05) is 44.2 Å². The van der Waals surface area contributed by atoms with Gasteiger partial charge in [-0.05, 0) is 61.1 Å². The van der Waals surface area contributed by atoms with Crippen LogP contribution < -0.4 is 15.0 Å². The Balaban J connectivity index is 0.000000870. The number of piperazine rings is 1. The summed E-state index contributed by atoms with van der Waals surface area (Å²) in [4.78, 5) is 19.0. The van der Waals surface area contributed by atoms with Gasteiger partial charge in [-0.1, -0.05) is 66.3 Å². The van der Waals surface area contributed by atoms with E-state index < -0.39 is 12.0 Å². The Bertz CT molecular complexity index is 1770. The first-order valence-corrected chi connectivity index (χ1v) is 17.4. The molecule has 0 unspecified atom stereocenters. The first-order chi connectivity index (χ1) is 22.8. The van der Waals surface area contributed by atoms with E-state index in [-0.39, 0.29) is 54.6 Å². The van der Waals surface area contributed by atoms with Crippen molar-refractivity contribution < 1.29 is 17.9 Å². The Kier molecular flexibility index (Phi) is 10.8. The molecule has 0 spiro atoms. The Morgan fingerprint density at radius 3 is 2.60 bits per heavy atom. The predicted molar refractivity (Wildman–Crippen MR) is 190 cm³/mol. The van der Waals surface area contributed by atoms with Gasteiger partial charge < -0.3 is 15.0 Å². The van der Waals surface area contributed by atoms with Crippen LogP contribution in [-0.4, -0.2) is 76.9 Å². The minimum Gasteiger partial charge on any atom is -0.461 e. The monoisotopic (exact) mass is 664 g/mol. The Morgan fingerprint density at radius 1 is 1.02 bits per heavy atom. The molecule has 3 fully saturated rings. The van der Waals surface area contributed by atoms with Crippen LogP contribution in [0.2, 0.25) is 0 Å². The van der Waals surface area contributed by atoms with E-state index in [2.05, 4.69) is 22.0 Å². The van der Waals surface area contributed by atoms with Crippen LogP contribution in [0.5, 0.6) is 6.01 Å². The molecule has 4 aromatic rings. The van der Waals surface area contributed by atoms with Gasteiger partial charge in [0.2, 0.25) is 0 Å². The Hall–Kier alpha value is -3.50. The summed E-state index contributed by atoms with van der Waals surface area (Å²) in [6, 6.07) is 8.93. The highest BCUT2D eigenvalue weighted by atomic mass is 19.1. The molecule has 2 aromatic carbocycles. The van der Waals surface area contributed by atoms with Crippen molar-refractivity contribution in [3.8, 4) is 17.3 Å². The van der Waals surface area contributed by atoms with E-state index in [4.69, 9.17) is 19.7 Å². The summed E-state index contributed by atoms with van der Waals surface area (Å²) in [5.41, 5.74) is 1.65. The summed E-state index contributed by atoms with van der Waals surface area (Å²) < 4.78 is 52.4. The summed E-state index contributed by atoms with van der Waals surface area (Å²) in [5.74, 6) is -0.0761. The van der Waals surface area contributed by atoms with Gasteiger partial charge in [-0.25, -0.2) is 18.2 Å². The molecular formula is C38H51F3N6O. The number of nitrogens with zero attached hydrogens (tertiary/aromatic N) is 5. The van der Waals surface area contributed by atoms with Crippen LogP contribution in [-0.2, 0) is 6.42 Å². The third-order valence-electron chi connectivity index (χ3n) is 10.3. The molecule has 48 heavy (non-hydrogen) atoms. The number of benzene rings is 2. The maximum absolute atomic E-state index is 16.9.